The molecule has 9 heteroatoms. The summed E-state index contributed by atoms with van der Waals surface area (Å²) in [6.45, 7) is 9.36. The highest BCUT2D eigenvalue weighted by Crippen LogP contribution is 2.38. The van der Waals surface area contributed by atoms with Gasteiger partial charge in [0.1, 0.15) is 17.3 Å². The fraction of sp³-hybridized carbons (Fsp3) is 0.448. The fourth-order valence-corrected chi connectivity index (χ4v) is 5.79. The van der Waals surface area contributed by atoms with Gasteiger partial charge in [0.05, 0.1) is 30.2 Å². The lowest BCUT2D eigenvalue weighted by Crippen LogP contribution is -2.43. The predicted octanol–water partition coefficient (Wildman–Crippen LogP) is 5.90. The number of amides is 2. The van der Waals surface area contributed by atoms with Gasteiger partial charge in [-0.25, -0.2) is 0 Å². The number of benzene rings is 2. The molecule has 4 rings (SSSR count). The average Bonchev–Trinajstić information content (AvgIpc) is 2.90. The van der Waals surface area contributed by atoms with Gasteiger partial charge in [-0.05, 0) is 87.2 Å². The molecule has 0 spiro atoms. The zero-order valence-corrected chi connectivity index (χ0v) is 23.9. The molecule has 0 saturated heterocycles. The Morgan fingerprint density at radius 3 is 2.61 bits per heavy atom. The number of rotatable bonds is 7. The van der Waals surface area contributed by atoms with Crippen LogP contribution >= 0.6 is 11.8 Å². The molecule has 0 aliphatic carbocycles. The van der Waals surface area contributed by atoms with Gasteiger partial charge >= 0.3 is 5.24 Å². The van der Waals surface area contributed by atoms with Gasteiger partial charge in [0.15, 0.2) is 0 Å². The largest absolute Gasteiger partial charge is 0.497 e. The number of aryl methyl sites for hydroxylation is 1. The van der Waals surface area contributed by atoms with Gasteiger partial charge in [-0.1, -0.05) is 13.0 Å². The highest BCUT2D eigenvalue weighted by atomic mass is 32.2. The molecule has 2 aromatic rings. The van der Waals surface area contributed by atoms with Gasteiger partial charge in [0, 0.05) is 31.3 Å². The van der Waals surface area contributed by atoms with E-state index in [1.165, 1.54) is 5.56 Å². The Balaban J connectivity index is 1.75. The topological polar surface area (TPSA) is 83.8 Å². The third kappa shape index (κ3) is 5.43. The number of anilines is 1. The van der Waals surface area contributed by atoms with E-state index in [1.54, 1.807) is 14.2 Å². The van der Waals surface area contributed by atoms with Crippen LogP contribution in [0, 0.1) is 0 Å². The Morgan fingerprint density at radius 1 is 1.13 bits per heavy atom. The van der Waals surface area contributed by atoms with Crippen LogP contribution in [0.3, 0.4) is 0 Å². The monoisotopic (exact) mass is 536 g/mol. The highest BCUT2D eigenvalue weighted by Gasteiger charge is 2.40. The number of nitrogens with zero attached hydrogens (tertiary/aromatic N) is 4. The number of hydrazone groups is 1. The number of ether oxygens (including phenoxy) is 2. The molecule has 38 heavy (non-hydrogen) atoms. The Morgan fingerprint density at radius 2 is 1.92 bits per heavy atom. The number of amidine groups is 1. The van der Waals surface area contributed by atoms with Crippen LogP contribution < -0.4 is 14.4 Å². The van der Waals surface area contributed by atoms with Crippen molar-refractivity contribution in [3.05, 3.63) is 53.1 Å². The third-order valence-corrected chi connectivity index (χ3v) is 7.72. The standard InChI is InChI=1S/C29H36N4O4S/c1-7-10-25(34)33-28(35)38-29(3,4)26(31-33)20-12-15-23-19(17-20)11-9-16-32(23)27(30-8-2)22-14-13-21(36-5)18-24(22)37-6/h12-15,17-18H,7-11,16H2,1-6H3/b30-27-. The summed E-state index contributed by atoms with van der Waals surface area (Å²) in [6, 6.07) is 12.1. The van der Waals surface area contributed by atoms with Crippen molar-refractivity contribution in [3.63, 3.8) is 0 Å². The molecule has 2 amide bonds. The summed E-state index contributed by atoms with van der Waals surface area (Å²) >= 11 is 1.14. The minimum absolute atomic E-state index is 0.268. The van der Waals surface area contributed by atoms with Crippen LogP contribution in [-0.4, -0.2) is 59.8 Å². The summed E-state index contributed by atoms with van der Waals surface area (Å²) < 4.78 is 10.5. The summed E-state index contributed by atoms with van der Waals surface area (Å²) in [5.41, 5.74) is 4.82. The second-order valence-corrected chi connectivity index (χ2v) is 11.3. The van der Waals surface area contributed by atoms with Crippen LogP contribution in [0.4, 0.5) is 10.5 Å². The van der Waals surface area contributed by atoms with Crippen molar-refractivity contribution in [1.29, 1.82) is 0 Å². The van der Waals surface area contributed by atoms with Crippen LogP contribution in [0.15, 0.2) is 46.5 Å². The molecule has 2 aliphatic heterocycles. The average molecular weight is 537 g/mol. The van der Waals surface area contributed by atoms with E-state index in [-0.39, 0.29) is 17.6 Å². The van der Waals surface area contributed by atoms with Crippen LogP contribution in [0.5, 0.6) is 11.5 Å². The minimum atomic E-state index is -0.562. The first-order valence-corrected chi connectivity index (χ1v) is 13.9. The van der Waals surface area contributed by atoms with E-state index < -0.39 is 4.75 Å². The molecular weight excluding hydrogens is 500 g/mol. The van der Waals surface area contributed by atoms with Crippen molar-refractivity contribution in [3.8, 4) is 11.5 Å². The van der Waals surface area contributed by atoms with Gasteiger partial charge in [-0.3, -0.25) is 14.6 Å². The van der Waals surface area contributed by atoms with Crippen molar-refractivity contribution in [2.45, 2.75) is 58.1 Å². The molecule has 0 aromatic heterocycles. The fourth-order valence-electron chi connectivity index (χ4n) is 4.87. The number of thioether (sulfide) groups is 1. The normalized spacial score (nSPS) is 17.2. The van der Waals surface area contributed by atoms with E-state index in [9.17, 15) is 9.59 Å². The lowest BCUT2D eigenvalue weighted by molar-refractivity contribution is -0.127. The number of aliphatic imine (C=N–C) groups is 1. The van der Waals surface area contributed by atoms with Crippen LogP contribution in [0.25, 0.3) is 0 Å². The SMILES string of the molecule is CCCC(=O)N1N=C(c2ccc3c(c2)CCCN3/C(=N\CC)c2ccc(OC)cc2OC)C(C)(C)SC1=O. The lowest BCUT2D eigenvalue weighted by atomic mass is 9.93. The maximum atomic E-state index is 12.7. The van der Waals surface area contributed by atoms with Crippen LogP contribution in [-0.2, 0) is 11.2 Å². The number of hydrogen-bond acceptors (Lipinski definition) is 7. The first-order valence-electron chi connectivity index (χ1n) is 13.1. The second-order valence-electron chi connectivity index (χ2n) is 9.75. The number of hydrogen-bond donors (Lipinski definition) is 0. The molecule has 0 bridgehead atoms. The summed E-state index contributed by atoms with van der Waals surface area (Å²) in [5, 5.41) is 5.31. The first kappa shape index (κ1) is 27.7. The Kier molecular flexibility index (Phi) is 8.45. The molecule has 202 valence electrons. The third-order valence-electron chi connectivity index (χ3n) is 6.67. The summed E-state index contributed by atoms with van der Waals surface area (Å²) in [6.07, 6.45) is 2.83. The number of methoxy groups -OCH3 is 2. The molecule has 2 heterocycles. The predicted molar refractivity (Wildman–Crippen MR) is 154 cm³/mol. The Hall–Kier alpha value is -3.33. The zero-order chi connectivity index (χ0) is 27.4. The molecule has 8 nitrogen and oxygen atoms in total. The van der Waals surface area contributed by atoms with Crippen molar-refractivity contribution < 1.29 is 19.1 Å². The number of carbonyl (C=O) groups is 2. The first-order chi connectivity index (χ1) is 18.2. The Labute approximate surface area is 229 Å². The molecule has 0 unspecified atom stereocenters. The van der Waals surface area contributed by atoms with Gasteiger partial charge in [-0.15, -0.1) is 0 Å². The van der Waals surface area contributed by atoms with Gasteiger partial charge in [0.25, 0.3) is 5.91 Å². The van der Waals surface area contributed by atoms with Gasteiger partial charge in [-0.2, -0.15) is 10.1 Å². The number of carbonyl (C=O) groups excluding carboxylic acids is 2. The Bertz CT molecular complexity index is 1290. The smallest absolute Gasteiger partial charge is 0.309 e. The highest BCUT2D eigenvalue weighted by molar-refractivity contribution is 8.15. The molecule has 0 fully saturated rings. The van der Waals surface area contributed by atoms with E-state index >= 15 is 0 Å². The summed E-state index contributed by atoms with van der Waals surface area (Å²) in [5.74, 6) is 2.02. The van der Waals surface area contributed by atoms with Crippen molar-refractivity contribution in [1.82, 2.24) is 5.01 Å². The summed E-state index contributed by atoms with van der Waals surface area (Å²) in [7, 11) is 3.29. The van der Waals surface area contributed by atoms with Gasteiger partial charge < -0.3 is 14.4 Å². The van der Waals surface area contributed by atoms with Crippen molar-refractivity contribution in [2.24, 2.45) is 10.1 Å². The molecule has 0 radical (unpaired) electrons. The molecule has 0 atom stereocenters. The van der Waals surface area contributed by atoms with E-state index in [4.69, 9.17) is 14.5 Å². The minimum Gasteiger partial charge on any atom is -0.497 e. The van der Waals surface area contributed by atoms with Gasteiger partial charge in [0.2, 0.25) is 0 Å². The maximum Gasteiger partial charge on any atom is 0.309 e. The molecular formula is C29H36N4O4S. The molecule has 0 N–H and O–H groups in total. The van der Waals surface area contributed by atoms with E-state index in [2.05, 4.69) is 22.1 Å². The second kappa shape index (κ2) is 11.6. The molecule has 2 aliphatic rings. The number of fused-ring (bicyclic) bond motifs is 1. The van der Waals surface area contributed by atoms with Crippen molar-refractivity contribution in [2.75, 3.05) is 32.2 Å². The van der Waals surface area contributed by atoms with E-state index in [0.717, 1.165) is 70.3 Å². The van der Waals surface area contributed by atoms with Crippen molar-refractivity contribution >= 4 is 40.1 Å². The molecule has 2 aromatic carbocycles. The van der Waals surface area contributed by atoms with Crippen LogP contribution in [0.1, 0.15) is 63.6 Å². The maximum absolute atomic E-state index is 12.7. The summed E-state index contributed by atoms with van der Waals surface area (Å²) in [4.78, 5) is 32.4. The van der Waals surface area contributed by atoms with E-state index in [0.29, 0.717) is 18.7 Å². The lowest BCUT2D eigenvalue weighted by Gasteiger charge is -2.35. The van der Waals surface area contributed by atoms with Crippen LogP contribution in [0.2, 0.25) is 0 Å². The molecule has 0 saturated carbocycles. The zero-order valence-electron chi connectivity index (χ0n) is 23.0. The quantitative estimate of drug-likeness (QED) is 0.324. The number of imide groups is 1. The van der Waals surface area contributed by atoms with E-state index in [1.807, 2.05) is 52.0 Å².